The molecule has 0 radical (unpaired) electrons. The molecule has 0 spiro atoms. The first-order valence-corrected chi connectivity index (χ1v) is 9.52. The molecule has 80 valence electrons. The number of nitrogens with zero attached hydrogens (tertiary/aromatic N) is 1. The van der Waals surface area contributed by atoms with Crippen LogP contribution in [0, 0.1) is 0 Å². The summed E-state index contributed by atoms with van der Waals surface area (Å²) in [6.45, 7) is 0. The van der Waals surface area contributed by atoms with Crippen LogP contribution in [-0.2, 0) is 19.5 Å². The zero-order chi connectivity index (χ0) is 10.6. The van der Waals surface area contributed by atoms with E-state index < -0.39 is 0 Å². The molecule has 1 aromatic rings. The Kier molecular flexibility index (Phi) is 10.7. The molecule has 0 saturated heterocycles. The molecule has 0 amide bonds. The van der Waals surface area contributed by atoms with Gasteiger partial charge in [-0.25, -0.2) is 4.98 Å². The SMILES string of the molecule is ClSc1cnc(SCl)c(SCl)c1SCl.[Zn]. The molecule has 0 atom stereocenters. The Morgan fingerprint density at radius 2 is 1.47 bits per heavy atom. The average molecular weight is 411 g/mol. The minimum absolute atomic E-state index is 0. The molecule has 0 aromatic carbocycles. The van der Waals surface area contributed by atoms with Crippen LogP contribution in [0.1, 0.15) is 0 Å². The van der Waals surface area contributed by atoms with E-state index in [-0.39, 0.29) is 19.5 Å². The molecule has 0 N–H and O–H groups in total. The molecule has 0 aliphatic heterocycles. The smallest absolute Gasteiger partial charge is 0.127 e. The first kappa shape index (κ1) is 17.3. The van der Waals surface area contributed by atoms with Crippen molar-refractivity contribution in [1.29, 1.82) is 0 Å². The average Bonchev–Trinajstić information content (AvgIpc) is 2.26. The van der Waals surface area contributed by atoms with Gasteiger partial charge in [0.2, 0.25) is 0 Å². The van der Waals surface area contributed by atoms with Gasteiger partial charge in [0.15, 0.2) is 0 Å². The molecule has 15 heavy (non-hydrogen) atoms. The van der Waals surface area contributed by atoms with Gasteiger partial charge in [0.25, 0.3) is 0 Å². The molecular formula is C5HCl4NS4Zn. The number of hydrogen-bond donors (Lipinski definition) is 0. The Hall–Kier alpha value is 2.33. The Bertz CT molecular complexity index is 297. The van der Waals surface area contributed by atoms with Crippen LogP contribution in [0.4, 0.5) is 0 Å². The van der Waals surface area contributed by atoms with E-state index in [1.807, 2.05) is 0 Å². The molecule has 0 saturated carbocycles. The second-order valence-electron chi connectivity index (χ2n) is 1.89. The summed E-state index contributed by atoms with van der Waals surface area (Å²) in [6, 6.07) is 0. The van der Waals surface area contributed by atoms with Crippen LogP contribution in [0.25, 0.3) is 0 Å². The van der Waals surface area contributed by atoms with Crippen molar-refractivity contribution in [3.05, 3.63) is 6.20 Å². The molecular weight excluding hydrogens is 410 g/mol. The van der Waals surface area contributed by atoms with Crippen molar-refractivity contribution < 1.29 is 19.5 Å². The van der Waals surface area contributed by atoms with E-state index in [0.717, 1.165) is 58.6 Å². The molecule has 0 bridgehead atoms. The van der Waals surface area contributed by atoms with Crippen LogP contribution in [0.15, 0.2) is 25.9 Å². The summed E-state index contributed by atoms with van der Waals surface area (Å²) in [7, 11) is 26.8. The third-order valence-corrected chi connectivity index (χ3v) is 5.55. The zero-order valence-corrected chi connectivity index (χ0v) is 16.1. The fourth-order valence-corrected chi connectivity index (χ4v) is 5.15. The molecule has 10 heteroatoms. The molecule has 0 aliphatic rings. The van der Waals surface area contributed by atoms with Gasteiger partial charge in [-0.05, 0) is 75.7 Å². The third-order valence-electron chi connectivity index (χ3n) is 1.23. The summed E-state index contributed by atoms with van der Waals surface area (Å²) < 4.78 is 0. The maximum Gasteiger partial charge on any atom is 0.127 e. The van der Waals surface area contributed by atoms with Crippen molar-refractivity contribution in [1.82, 2.24) is 4.98 Å². The van der Waals surface area contributed by atoms with Gasteiger partial charge in [0.05, 0.1) is 14.7 Å². The van der Waals surface area contributed by atoms with Crippen molar-refractivity contribution in [2.24, 2.45) is 0 Å². The van der Waals surface area contributed by atoms with Gasteiger partial charge < -0.3 is 0 Å². The molecule has 1 heterocycles. The Labute approximate surface area is 135 Å². The molecule has 1 nitrogen and oxygen atoms in total. The second-order valence-corrected chi connectivity index (χ2v) is 6.01. The number of hydrogen-bond acceptors (Lipinski definition) is 5. The molecule has 1 rings (SSSR count). The summed E-state index contributed by atoms with van der Waals surface area (Å²) in [4.78, 5) is 6.38. The van der Waals surface area contributed by atoms with E-state index in [1.165, 1.54) is 0 Å². The van der Waals surface area contributed by atoms with E-state index >= 15 is 0 Å². The van der Waals surface area contributed by atoms with Crippen molar-refractivity contribution in [3.8, 4) is 0 Å². The molecule has 0 aliphatic carbocycles. The first-order valence-electron chi connectivity index (χ1n) is 2.95. The monoisotopic (exact) mass is 407 g/mol. The summed E-state index contributed by atoms with van der Waals surface area (Å²) >= 11 is 0. The number of rotatable bonds is 4. The standard InChI is InChI=1S/C5HCl4NS4.Zn/c6-11-2-1-10-5(14-9)4(13-8)3(2)12-7;/h1H;. The van der Waals surface area contributed by atoms with E-state index in [4.69, 9.17) is 42.7 Å². The predicted molar refractivity (Wildman–Crippen MR) is 71.1 cm³/mol. The quantitative estimate of drug-likeness (QED) is 0.558. The van der Waals surface area contributed by atoms with Gasteiger partial charge in [-0.3, -0.25) is 0 Å². The minimum atomic E-state index is 0. The van der Waals surface area contributed by atoms with Gasteiger partial charge in [0.1, 0.15) is 5.03 Å². The fourth-order valence-electron chi connectivity index (χ4n) is 0.695. The van der Waals surface area contributed by atoms with Gasteiger partial charge in [-0.2, -0.15) is 0 Å². The number of aromatic nitrogens is 1. The summed E-state index contributed by atoms with van der Waals surface area (Å²) in [6.07, 6.45) is 1.61. The van der Waals surface area contributed by atoms with E-state index in [1.54, 1.807) is 6.20 Å². The minimum Gasteiger partial charge on any atom is -0.246 e. The third kappa shape index (κ3) is 4.49. The van der Waals surface area contributed by atoms with Gasteiger partial charge in [-0.1, -0.05) is 0 Å². The van der Waals surface area contributed by atoms with Crippen LogP contribution in [0.2, 0.25) is 0 Å². The van der Waals surface area contributed by atoms with Crippen molar-refractivity contribution in [2.45, 2.75) is 19.7 Å². The number of pyridine rings is 1. The normalized spacial score (nSPS) is 9.87. The van der Waals surface area contributed by atoms with Crippen LogP contribution in [-0.4, -0.2) is 4.98 Å². The van der Waals surface area contributed by atoms with Crippen LogP contribution < -0.4 is 0 Å². The van der Waals surface area contributed by atoms with E-state index in [2.05, 4.69) is 4.98 Å². The van der Waals surface area contributed by atoms with E-state index in [9.17, 15) is 0 Å². The Balaban J connectivity index is 0.00000196. The first-order chi connectivity index (χ1) is 6.78. The second kappa shape index (κ2) is 9.29. The van der Waals surface area contributed by atoms with Gasteiger partial charge >= 0.3 is 0 Å². The largest absolute Gasteiger partial charge is 0.246 e. The van der Waals surface area contributed by atoms with Crippen molar-refractivity contribution in [2.75, 3.05) is 0 Å². The zero-order valence-electron chi connectivity index (χ0n) is 6.88. The molecule has 0 fully saturated rings. The van der Waals surface area contributed by atoms with E-state index in [0.29, 0.717) is 5.03 Å². The van der Waals surface area contributed by atoms with Gasteiger partial charge in [0, 0.05) is 36.7 Å². The summed E-state index contributed by atoms with van der Waals surface area (Å²) in [5.74, 6) is 0. The van der Waals surface area contributed by atoms with Gasteiger partial charge in [-0.15, -0.1) is 0 Å². The summed E-state index contributed by atoms with van der Waals surface area (Å²) in [5.41, 5.74) is 0. The van der Waals surface area contributed by atoms with Crippen LogP contribution in [0.3, 0.4) is 0 Å². The maximum atomic E-state index is 5.72. The maximum absolute atomic E-state index is 5.72. The predicted octanol–water partition coefficient (Wildman–Crippen LogP) is 6.06. The van der Waals surface area contributed by atoms with Crippen LogP contribution >= 0.6 is 86.6 Å². The van der Waals surface area contributed by atoms with Crippen molar-refractivity contribution >= 4 is 86.6 Å². The topological polar surface area (TPSA) is 12.9 Å². The molecule has 0 unspecified atom stereocenters. The number of halogens is 4. The van der Waals surface area contributed by atoms with Crippen molar-refractivity contribution in [3.63, 3.8) is 0 Å². The summed E-state index contributed by atoms with van der Waals surface area (Å²) in [5, 5.41) is 0.629. The Morgan fingerprint density at radius 3 is 1.87 bits per heavy atom. The Morgan fingerprint density at radius 1 is 0.867 bits per heavy atom. The van der Waals surface area contributed by atoms with Crippen LogP contribution in [0.5, 0.6) is 0 Å². The molecule has 1 aromatic heterocycles. The fraction of sp³-hybridized carbons (Fsp3) is 0.